The van der Waals surface area contributed by atoms with Gasteiger partial charge in [-0.1, -0.05) is 42.5 Å². The second-order valence-electron chi connectivity index (χ2n) is 7.78. The lowest BCUT2D eigenvalue weighted by Crippen LogP contribution is -2.51. The number of nitrogens with zero attached hydrogens (tertiary/aromatic N) is 2. The first-order valence-corrected chi connectivity index (χ1v) is 10.8. The fraction of sp³-hybridized carbons (Fsp3) is 0.458. The molecule has 1 fully saturated rings. The van der Waals surface area contributed by atoms with E-state index in [9.17, 15) is 9.90 Å². The van der Waals surface area contributed by atoms with Crippen molar-refractivity contribution in [3.8, 4) is 11.5 Å². The quantitative estimate of drug-likeness (QED) is 0.565. The van der Waals surface area contributed by atoms with E-state index in [-0.39, 0.29) is 12.5 Å². The van der Waals surface area contributed by atoms with Gasteiger partial charge in [0.15, 0.2) is 11.5 Å². The minimum absolute atomic E-state index is 0.0645. The van der Waals surface area contributed by atoms with Crippen LogP contribution in [0.2, 0.25) is 0 Å². The maximum atomic E-state index is 12.2. The summed E-state index contributed by atoms with van der Waals surface area (Å²) in [7, 11) is 1.60. The van der Waals surface area contributed by atoms with Gasteiger partial charge >= 0.3 is 0 Å². The van der Waals surface area contributed by atoms with Crippen molar-refractivity contribution >= 4 is 5.91 Å². The summed E-state index contributed by atoms with van der Waals surface area (Å²) in [5.74, 6) is 1.35. The van der Waals surface area contributed by atoms with E-state index in [1.165, 1.54) is 5.56 Å². The second-order valence-corrected chi connectivity index (χ2v) is 7.78. The number of carbonyl (C=O) groups excluding carboxylic acids is 1. The highest BCUT2D eigenvalue weighted by Gasteiger charge is 2.21. The first kappa shape index (κ1) is 23.1. The molecule has 1 amide bonds. The van der Waals surface area contributed by atoms with E-state index in [0.717, 1.165) is 32.6 Å². The van der Waals surface area contributed by atoms with Gasteiger partial charge in [-0.2, -0.15) is 0 Å². The molecule has 0 saturated carbocycles. The third-order valence-electron chi connectivity index (χ3n) is 5.38. The van der Waals surface area contributed by atoms with Crippen LogP contribution in [0.1, 0.15) is 5.56 Å². The number of hydrogen-bond acceptors (Lipinski definition) is 6. The molecule has 1 unspecified atom stereocenters. The SMILES string of the molecule is COc1ccccc1OCC(O)CN1CCN(CC(=O)NCCc2ccccc2)CC1. The number of methoxy groups -OCH3 is 1. The van der Waals surface area contributed by atoms with E-state index < -0.39 is 6.10 Å². The minimum atomic E-state index is -0.585. The monoisotopic (exact) mass is 427 g/mol. The molecule has 1 aliphatic rings. The molecule has 2 N–H and O–H groups in total. The van der Waals surface area contributed by atoms with Gasteiger partial charge in [0.25, 0.3) is 0 Å². The molecule has 2 aromatic rings. The summed E-state index contributed by atoms with van der Waals surface area (Å²) in [5, 5.41) is 13.3. The maximum Gasteiger partial charge on any atom is 0.234 e. The van der Waals surface area contributed by atoms with E-state index >= 15 is 0 Å². The fourth-order valence-electron chi connectivity index (χ4n) is 3.65. The van der Waals surface area contributed by atoms with E-state index in [1.54, 1.807) is 7.11 Å². The molecular weight excluding hydrogens is 394 g/mol. The molecule has 7 heteroatoms. The summed E-state index contributed by atoms with van der Waals surface area (Å²) in [5.41, 5.74) is 1.23. The first-order valence-electron chi connectivity index (χ1n) is 10.8. The summed E-state index contributed by atoms with van der Waals surface area (Å²) in [4.78, 5) is 16.6. The Morgan fingerprint density at radius 1 is 1.00 bits per heavy atom. The molecule has 1 aliphatic heterocycles. The van der Waals surface area contributed by atoms with Crippen LogP contribution in [-0.2, 0) is 11.2 Å². The predicted octanol–water partition coefficient (Wildman–Crippen LogP) is 1.41. The average molecular weight is 428 g/mol. The number of carbonyl (C=O) groups is 1. The zero-order valence-electron chi connectivity index (χ0n) is 18.2. The van der Waals surface area contributed by atoms with Gasteiger partial charge in [-0.3, -0.25) is 14.6 Å². The topological polar surface area (TPSA) is 74.3 Å². The predicted molar refractivity (Wildman–Crippen MR) is 121 cm³/mol. The van der Waals surface area contributed by atoms with Crippen LogP contribution in [0.25, 0.3) is 0 Å². The number of ether oxygens (including phenoxy) is 2. The zero-order chi connectivity index (χ0) is 21.9. The Morgan fingerprint density at radius 2 is 1.65 bits per heavy atom. The van der Waals surface area contributed by atoms with Gasteiger partial charge < -0.3 is 19.9 Å². The van der Waals surface area contributed by atoms with Gasteiger partial charge in [0, 0.05) is 39.3 Å². The van der Waals surface area contributed by atoms with Crippen LogP contribution in [-0.4, -0.2) is 86.4 Å². The Balaban J connectivity index is 1.29. The van der Waals surface area contributed by atoms with Crippen LogP contribution < -0.4 is 14.8 Å². The normalized spacial score (nSPS) is 15.9. The Labute approximate surface area is 184 Å². The molecule has 0 bridgehead atoms. The second kappa shape index (κ2) is 12.3. The molecule has 168 valence electrons. The summed E-state index contributed by atoms with van der Waals surface area (Å²) < 4.78 is 11.0. The molecule has 0 spiro atoms. The molecule has 1 saturated heterocycles. The Morgan fingerprint density at radius 3 is 2.35 bits per heavy atom. The van der Waals surface area contributed by atoms with Crippen LogP contribution in [0.4, 0.5) is 0 Å². The number of para-hydroxylation sites is 2. The van der Waals surface area contributed by atoms with Crippen molar-refractivity contribution in [3.63, 3.8) is 0 Å². The third-order valence-corrected chi connectivity index (χ3v) is 5.38. The van der Waals surface area contributed by atoms with Crippen molar-refractivity contribution < 1.29 is 19.4 Å². The lowest BCUT2D eigenvalue weighted by molar-refractivity contribution is -0.122. The van der Waals surface area contributed by atoms with Crippen LogP contribution in [0.5, 0.6) is 11.5 Å². The van der Waals surface area contributed by atoms with Crippen LogP contribution in [0.15, 0.2) is 54.6 Å². The molecule has 2 aromatic carbocycles. The average Bonchev–Trinajstić information content (AvgIpc) is 2.80. The number of aliphatic hydroxyl groups excluding tert-OH is 1. The lowest BCUT2D eigenvalue weighted by atomic mass is 10.1. The van der Waals surface area contributed by atoms with Crippen molar-refractivity contribution in [3.05, 3.63) is 60.2 Å². The highest BCUT2D eigenvalue weighted by atomic mass is 16.5. The molecule has 7 nitrogen and oxygen atoms in total. The molecular formula is C24H33N3O4. The van der Waals surface area contributed by atoms with Gasteiger partial charge in [0.1, 0.15) is 12.7 Å². The van der Waals surface area contributed by atoms with Gasteiger partial charge in [-0.05, 0) is 24.1 Å². The van der Waals surface area contributed by atoms with Crippen molar-refractivity contribution in [2.24, 2.45) is 0 Å². The number of aliphatic hydroxyl groups is 1. The number of nitrogens with one attached hydrogen (secondary N) is 1. The number of benzene rings is 2. The number of β-amino-alcohol motifs (C(OH)–C–C–N with tert-alkyl or cyclic N) is 1. The smallest absolute Gasteiger partial charge is 0.234 e. The van der Waals surface area contributed by atoms with Crippen LogP contribution >= 0.6 is 0 Å². The van der Waals surface area contributed by atoms with Crippen LogP contribution in [0.3, 0.4) is 0 Å². The van der Waals surface area contributed by atoms with E-state index in [4.69, 9.17) is 9.47 Å². The van der Waals surface area contributed by atoms with Crippen molar-refractivity contribution in [2.75, 3.05) is 59.5 Å². The van der Waals surface area contributed by atoms with Gasteiger partial charge in [-0.25, -0.2) is 0 Å². The number of amides is 1. The Kier molecular flexibility index (Phi) is 9.15. The Hall–Kier alpha value is -2.61. The van der Waals surface area contributed by atoms with Crippen molar-refractivity contribution in [2.45, 2.75) is 12.5 Å². The van der Waals surface area contributed by atoms with Crippen molar-refractivity contribution in [1.82, 2.24) is 15.1 Å². The van der Waals surface area contributed by atoms with E-state index in [1.807, 2.05) is 42.5 Å². The summed E-state index contributed by atoms with van der Waals surface area (Å²) in [6, 6.07) is 17.6. The standard InChI is InChI=1S/C24H33N3O4/c1-30-22-9-5-6-10-23(22)31-19-21(28)17-26-13-15-27(16-14-26)18-24(29)25-12-11-20-7-3-2-4-8-20/h2-10,21,28H,11-19H2,1H3,(H,25,29). The Bertz CT molecular complexity index is 794. The molecule has 0 radical (unpaired) electrons. The molecule has 1 atom stereocenters. The largest absolute Gasteiger partial charge is 0.493 e. The third kappa shape index (κ3) is 7.86. The highest BCUT2D eigenvalue weighted by molar-refractivity contribution is 5.78. The van der Waals surface area contributed by atoms with E-state index in [0.29, 0.717) is 31.1 Å². The lowest BCUT2D eigenvalue weighted by Gasteiger charge is -2.35. The van der Waals surface area contributed by atoms with Crippen LogP contribution in [0, 0.1) is 0 Å². The van der Waals surface area contributed by atoms with Gasteiger partial charge in [0.05, 0.1) is 13.7 Å². The fourth-order valence-corrected chi connectivity index (χ4v) is 3.65. The number of hydrogen-bond donors (Lipinski definition) is 2. The molecule has 3 rings (SSSR count). The number of rotatable bonds is 11. The minimum Gasteiger partial charge on any atom is -0.493 e. The van der Waals surface area contributed by atoms with Crippen molar-refractivity contribution in [1.29, 1.82) is 0 Å². The van der Waals surface area contributed by atoms with Gasteiger partial charge in [0.2, 0.25) is 5.91 Å². The molecule has 1 heterocycles. The van der Waals surface area contributed by atoms with Gasteiger partial charge in [-0.15, -0.1) is 0 Å². The summed E-state index contributed by atoms with van der Waals surface area (Å²) in [6.07, 6.45) is 0.257. The summed E-state index contributed by atoms with van der Waals surface area (Å²) >= 11 is 0. The molecule has 0 aromatic heterocycles. The molecule has 0 aliphatic carbocycles. The maximum absolute atomic E-state index is 12.2. The first-order chi connectivity index (χ1) is 15.1. The zero-order valence-corrected chi connectivity index (χ0v) is 18.2. The number of piperazine rings is 1. The van der Waals surface area contributed by atoms with E-state index in [2.05, 4.69) is 27.2 Å². The highest BCUT2D eigenvalue weighted by Crippen LogP contribution is 2.25. The molecule has 31 heavy (non-hydrogen) atoms. The summed E-state index contributed by atoms with van der Waals surface area (Å²) in [6.45, 7) is 5.10.